The van der Waals surface area contributed by atoms with Crippen molar-refractivity contribution in [3.8, 4) is 16.9 Å². The summed E-state index contributed by atoms with van der Waals surface area (Å²) in [5, 5.41) is 12.9. The molecule has 3 aromatic rings. The fourth-order valence-electron chi connectivity index (χ4n) is 3.31. The van der Waals surface area contributed by atoms with Gasteiger partial charge in [-0.2, -0.15) is 0 Å². The molecule has 0 atom stereocenters. The van der Waals surface area contributed by atoms with Crippen LogP contribution in [0.5, 0.6) is 5.75 Å². The second-order valence-corrected chi connectivity index (χ2v) is 9.30. The first-order chi connectivity index (χ1) is 15.6. The second-order valence-electron chi connectivity index (χ2n) is 7.77. The first-order valence-electron chi connectivity index (χ1n) is 10.2. The highest BCUT2D eigenvalue weighted by atomic mass is 32.2. The highest BCUT2D eigenvalue weighted by molar-refractivity contribution is 7.89. The Hall–Kier alpha value is -3.69. The van der Waals surface area contributed by atoms with Crippen molar-refractivity contribution in [2.24, 2.45) is 10.9 Å². The van der Waals surface area contributed by atoms with E-state index in [-0.39, 0.29) is 23.3 Å². The zero-order valence-corrected chi connectivity index (χ0v) is 19.2. The lowest BCUT2D eigenvalue weighted by Crippen LogP contribution is -2.38. The van der Waals surface area contributed by atoms with Crippen LogP contribution in [-0.4, -0.2) is 31.3 Å². The molecule has 0 heterocycles. The molecule has 0 aliphatic heterocycles. The van der Waals surface area contributed by atoms with E-state index < -0.39 is 16.1 Å². The van der Waals surface area contributed by atoms with Gasteiger partial charge in [0.2, 0.25) is 10.0 Å². The molecule has 0 bridgehead atoms. The Balaban J connectivity index is 1.78. The van der Waals surface area contributed by atoms with Crippen LogP contribution in [0.4, 0.5) is 4.79 Å². The van der Waals surface area contributed by atoms with Gasteiger partial charge in [0.15, 0.2) is 0 Å². The number of hydrogen-bond acceptors (Lipinski definition) is 5. The summed E-state index contributed by atoms with van der Waals surface area (Å²) in [6.07, 6.45) is -0.532. The van der Waals surface area contributed by atoms with Crippen molar-refractivity contribution >= 4 is 22.0 Å². The van der Waals surface area contributed by atoms with Crippen molar-refractivity contribution in [3.05, 3.63) is 83.9 Å². The summed E-state index contributed by atoms with van der Waals surface area (Å²) in [5.74, 6) is 0.277. The van der Waals surface area contributed by atoms with Gasteiger partial charge in [-0.15, -0.1) is 0 Å². The van der Waals surface area contributed by atoms with Gasteiger partial charge in [-0.1, -0.05) is 48.5 Å². The maximum Gasteiger partial charge on any atom is 0.415 e. The number of nitrogens with one attached hydrogen (secondary N) is 1. The van der Waals surface area contributed by atoms with Gasteiger partial charge in [0.05, 0.1) is 4.90 Å². The van der Waals surface area contributed by atoms with Gasteiger partial charge >= 0.3 is 6.09 Å². The molecule has 0 saturated heterocycles. The molecule has 0 spiro atoms. The van der Waals surface area contributed by atoms with Crippen LogP contribution >= 0.6 is 0 Å². The Bertz CT molecular complexity index is 1270. The number of amidine groups is 1. The lowest BCUT2D eigenvalue weighted by atomic mass is 10.1. The molecule has 33 heavy (non-hydrogen) atoms. The lowest BCUT2D eigenvalue weighted by Gasteiger charge is -2.26. The van der Waals surface area contributed by atoms with Crippen molar-refractivity contribution in [2.75, 3.05) is 0 Å². The lowest BCUT2D eigenvalue weighted by molar-refractivity contribution is 0.135. The molecule has 0 fully saturated rings. The number of primary sulfonamides is 1. The molecule has 9 heteroatoms. The Labute approximate surface area is 193 Å². The van der Waals surface area contributed by atoms with Gasteiger partial charge in [-0.3, -0.25) is 5.41 Å². The molecule has 172 valence electrons. The summed E-state index contributed by atoms with van der Waals surface area (Å²) in [5.41, 5.74) is 8.06. The van der Waals surface area contributed by atoms with Crippen LogP contribution in [0.15, 0.2) is 77.7 Å². The average molecular weight is 467 g/mol. The number of rotatable bonds is 7. The normalized spacial score (nSPS) is 11.3. The van der Waals surface area contributed by atoms with E-state index >= 15 is 0 Å². The summed E-state index contributed by atoms with van der Waals surface area (Å²) in [7, 11) is -3.88. The monoisotopic (exact) mass is 466 g/mol. The molecule has 0 saturated carbocycles. The Morgan fingerprint density at radius 3 is 2.30 bits per heavy atom. The summed E-state index contributed by atoms with van der Waals surface area (Å²) < 4.78 is 29.3. The first kappa shape index (κ1) is 24.0. The Kier molecular flexibility index (Phi) is 7.15. The van der Waals surface area contributed by atoms with Crippen molar-refractivity contribution in [1.82, 2.24) is 4.90 Å². The molecular formula is C24H26N4O4S. The zero-order valence-electron chi connectivity index (χ0n) is 18.4. The molecule has 0 aliphatic rings. The average Bonchev–Trinajstić information content (AvgIpc) is 2.77. The molecule has 0 radical (unpaired) electrons. The topological polar surface area (TPSA) is 140 Å². The zero-order chi connectivity index (χ0) is 24.2. The quantitative estimate of drug-likeness (QED) is 0.360. The van der Waals surface area contributed by atoms with Crippen LogP contribution in [0.1, 0.15) is 25.0 Å². The number of ether oxygens (including phenoxy) is 1. The minimum Gasteiger partial charge on any atom is -0.410 e. The van der Waals surface area contributed by atoms with Gasteiger partial charge in [-0.05, 0) is 49.2 Å². The first-order valence-corrected chi connectivity index (χ1v) is 11.7. The summed E-state index contributed by atoms with van der Waals surface area (Å²) in [6, 6.07) is 20.0. The van der Waals surface area contributed by atoms with Gasteiger partial charge in [-0.25, -0.2) is 18.4 Å². The molecule has 0 aromatic heterocycles. The number of carbonyl (C=O) groups is 1. The van der Waals surface area contributed by atoms with Crippen LogP contribution < -0.4 is 15.6 Å². The molecule has 1 amide bonds. The van der Waals surface area contributed by atoms with E-state index in [2.05, 4.69) is 0 Å². The van der Waals surface area contributed by atoms with Crippen molar-refractivity contribution in [1.29, 1.82) is 5.41 Å². The van der Waals surface area contributed by atoms with Crippen LogP contribution in [0.25, 0.3) is 11.1 Å². The second kappa shape index (κ2) is 9.85. The van der Waals surface area contributed by atoms with E-state index in [0.29, 0.717) is 22.4 Å². The van der Waals surface area contributed by atoms with Crippen LogP contribution in [0, 0.1) is 5.41 Å². The minimum atomic E-state index is -3.88. The van der Waals surface area contributed by atoms with Crippen molar-refractivity contribution < 1.29 is 17.9 Å². The number of sulfonamides is 1. The van der Waals surface area contributed by atoms with Gasteiger partial charge < -0.3 is 15.4 Å². The fourth-order valence-corrected chi connectivity index (χ4v) is 4.07. The summed E-state index contributed by atoms with van der Waals surface area (Å²) in [6.45, 7) is 4.05. The summed E-state index contributed by atoms with van der Waals surface area (Å²) in [4.78, 5) is 14.4. The van der Waals surface area contributed by atoms with Crippen LogP contribution in [0.3, 0.4) is 0 Å². The van der Waals surface area contributed by atoms with Gasteiger partial charge in [0.25, 0.3) is 0 Å². The van der Waals surface area contributed by atoms with Crippen LogP contribution in [-0.2, 0) is 16.6 Å². The predicted molar refractivity (Wildman–Crippen MR) is 127 cm³/mol. The largest absolute Gasteiger partial charge is 0.415 e. The molecule has 3 rings (SSSR count). The Morgan fingerprint density at radius 2 is 1.70 bits per heavy atom. The molecule has 0 unspecified atom stereocenters. The van der Waals surface area contributed by atoms with Crippen molar-refractivity contribution in [2.45, 2.75) is 31.3 Å². The third-order valence-corrected chi connectivity index (χ3v) is 5.98. The van der Waals surface area contributed by atoms with Gasteiger partial charge in [0.1, 0.15) is 11.6 Å². The predicted octanol–water partition coefficient (Wildman–Crippen LogP) is 3.69. The number of benzene rings is 3. The maximum absolute atomic E-state index is 12.9. The number of carbonyl (C=O) groups excluding carboxylic acids is 1. The maximum atomic E-state index is 12.9. The molecule has 0 aliphatic carbocycles. The standard InChI is InChI=1S/C24H26N4O4S/c1-16(2)28(15-17-6-5-7-19(14-17)23(25)26)24(29)32-20-12-10-18(11-13-20)21-8-3-4-9-22(21)33(27,30)31/h3-14,16H,15H2,1-2H3,(H3,25,26)(H2,27,30,31). The third-order valence-electron chi connectivity index (χ3n) is 5.01. The van der Waals surface area contributed by atoms with Gasteiger partial charge in [0, 0.05) is 23.7 Å². The summed E-state index contributed by atoms with van der Waals surface area (Å²) >= 11 is 0. The van der Waals surface area contributed by atoms with Crippen molar-refractivity contribution in [3.63, 3.8) is 0 Å². The van der Waals surface area contributed by atoms with E-state index in [1.807, 2.05) is 19.9 Å². The van der Waals surface area contributed by atoms with E-state index in [4.69, 9.17) is 21.0 Å². The van der Waals surface area contributed by atoms with E-state index in [1.54, 1.807) is 65.6 Å². The SMILES string of the molecule is CC(C)N(Cc1cccc(C(=N)N)c1)C(=O)Oc1ccc(-c2ccccc2S(N)(=O)=O)cc1. The van der Waals surface area contributed by atoms with E-state index in [9.17, 15) is 13.2 Å². The fraction of sp³-hybridized carbons (Fsp3) is 0.167. The number of nitrogen functional groups attached to an aromatic ring is 1. The minimum absolute atomic E-state index is 0.0218. The smallest absolute Gasteiger partial charge is 0.410 e. The van der Waals surface area contributed by atoms with Crippen LogP contribution in [0.2, 0.25) is 0 Å². The molecule has 3 aromatic carbocycles. The Morgan fingerprint density at radius 1 is 1.03 bits per heavy atom. The highest BCUT2D eigenvalue weighted by Gasteiger charge is 2.20. The number of hydrogen-bond donors (Lipinski definition) is 3. The molecular weight excluding hydrogens is 440 g/mol. The molecule has 5 N–H and O–H groups in total. The van der Waals surface area contributed by atoms with E-state index in [0.717, 1.165) is 5.56 Å². The van der Waals surface area contributed by atoms with E-state index in [1.165, 1.54) is 6.07 Å². The number of nitrogens with zero attached hydrogens (tertiary/aromatic N) is 1. The number of nitrogens with two attached hydrogens (primary N) is 2. The highest BCUT2D eigenvalue weighted by Crippen LogP contribution is 2.28. The third kappa shape index (κ3) is 5.97. The molecule has 8 nitrogen and oxygen atoms in total. The number of amides is 1.